The first-order valence-electron chi connectivity index (χ1n) is 13.2. The lowest BCUT2D eigenvalue weighted by molar-refractivity contribution is -0.148. The Balaban J connectivity index is 1.63. The van der Waals surface area contributed by atoms with Gasteiger partial charge in [-0.3, -0.25) is 9.59 Å². The van der Waals surface area contributed by atoms with Crippen LogP contribution in [0.15, 0.2) is 0 Å². The van der Waals surface area contributed by atoms with E-state index in [1.807, 2.05) is 11.8 Å². The Labute approximate surface area is 212 Å². The van der Waals surface area contributed by atoms with Gasteiger partial charge < -0.3 is 26.2 Å². The van der Waals surface area contributed by atoms with E-state index in [0.29, 0.717) is 38.8 Å². The van der Waals surface area contributed by atoms with Crippen LogP contribution < -0.4 is 11.1 Å². The molecular formula is C26H42N4O4S. The van der Waals surface area contributed by atoms with Crippen LogP contribution in [0.1, 0.15) is 82.2 Å². The molecule has 8 nitrogen and oxygen atoms in total. The summed E-state index contributed by atoms with van der Waals surface area (Å²) < 4.78 is 0. The molecule has 0 radical (unpaired) electrons. The SMILES string of the molecule is CCCCNc1nc2c(s1)CC1C(C)(CO)C(O)CCC1(C)C2CC(=O)N1CCC(C(N)=O)CC1. The number of hydrogen-bond donors (Lipinski definition) is 4. The fourth-order valence-corrected chi connectivity index (χ4v) is 7.90. The zero-order valence-corrected chi connectivity index (χ0v) is 22.2. The second-order valence-electron chi connectivity index (χ2n) is 11.4. The molecular weight excluding hydrogens is 464 g/mol. The minimum Gasteiger partial charge on any atom is -0.396 e. The quantitative estimate of drug-likeness (QED) is 0.401. The van der Waals surface area contributed by atoms with Gasteiger partial charge in [-0.25, -0.2) is 4.98 Å². The zero-order valence-electron chi connectivity index (χ0n) is 21.4. The summed E-state index contributed by atoms with van der Waals surface area (Å²) in [6, 6.07) is 0. The molecule has 0 bridgehead atoms. The monoisotopic (exact) mass is 506 g/mol. The van der Waals surface area contributed by atoms with E-state index in [-0.39, 0.29) is 41.6 Å². The molecule has 1 aromatic rings. The predicted octanol–water partition coefficient (Wildman–Crippen LogP) is 2.88. The lowest BCUT2D eigenvalue weighted by Crippen LogP contribution is -2.58. The second-order valence-corrected chi connectivity index (χ2v) is 12.5. The molecule has 4 rings (SSSR count). The van der Waals surface area contributed by atoms with Gasteiger partial charge in [0.1, 0.15) is 0 Å². The van der Waals surface area contributed by atoms with Gasteiger partial charge in [0.2, 0.25) is 11.8 Å². The van der Waals surface area contributed by atoms with Crippen molar-refractivity contribution in [2.24, 2.45) is 28.4 Å². The fourth-order valence-electron chi connectivity index (χ4n) is 6.81. The van der Waals surface area contributed by atoms with Crippen LogP contribution in [-0.4, -0.2) is 64.3 Å². The van der Waals surface area contributed by atoms with E-state index in [4.69, 9.17) is 10.7 Å². The number of piperidine rings is 1. The molecule has 1 aromatic heterocycles. The summed E-state index contributed by atoms with van der Waals surface area (Å²) in [5, 5.41) is 25.7. The maximum absolute atomic E-state index is 13.6. The van der Waals surface area contributed by atoms with E-state index < -0.39 is 11.5 Å². The molecule has 0 aromatic carbocycles. The smallest absolute Gasteiger partial charge is 0.223 e. The zero-order chi connectivity index (χ0) is 25.4. The molecule has 2 amide bonds. The number of rotatable bonds is 8. The van der Waals surface area contributed by atoms with E-state index in [1.54, 1.807) is 11.3 Å². The Bertz CT molecular complexity index is 930. The molecule has 2 heterocycles. The molecule has 2 fully saturated rings. The summed E-state index contributed by atoms with van der Waals surface area (Å²) in [5.74, 6) is -0.356. The third-order valence-electron chi connectivity index (χ3n) is 9.33. The summed E-state index contributed by atoms with van der Waals surface area (Å²) >= 11 is 1.66. The van der Waals surface area contributed by atoms with Crippen molar-refractivity contribution in [3.8, 4) is 0 Å². The first kappa shape index (κ1) is 26.4. The summed E-state index contributed by atoms with van der Waals surface area (Å²) in [5.41, 5.74) is 5.63. The number of amides is 2. The van der Waals surface area contributed by atoms with E-state index in [2.05, 4.69) is 19.2 Å². The molecule has 9 heteroatoms. The van der Waals surface area contributed by atoms with Crippen LogP contribution in [0.4, 0.5) is 5.13 Å². The van der Waals surface area contributed by atoms with Gasteiger partial charge in [0, 0.05) is 48.2 Å². The lowest BCUT2D eigenvalue weighted by atomic mass is 9.47. The molecule has 1 saturated heterocycles. The number of aromatic nitrogens is 1. The summed E-state index contributed by atoms with van der Waals surface area (Å²) in [6.45, 7) is 8.30. The number of aliphatic hydroxyl groups is 2. The van der Waals surface area contributed by atoms with Crippen molar-refractivity contribution in [3.05, 3.63) is 10.6 Å². The number of nitrogens with two attached hydrogens (primary N) is 1. The average molecular weight is 507 g/mol. The van der Waals surface area contributed by atoms with Crippen molar-refractivity contribution in [3.63, 3.8) is 0 Å². The average Bonchev–Trinajstić information content (AvgIpc) is 3.25. The second kappa shape index (κ2) is 10.3. The van der Waals surface area contributed by atoms with Crippen molar-refractivity contribution in [1.29, 1.82) is 0 Å². The minimum atomic E-state index is -0.619. The number of fused-ring (bicyclic) bond motifs is 2. The van der Waals surface area contributed by atoms with Crippen LogP contribution >= 0.6 is 11.3 Å². The van der Waals surface area contributed by atoms with Crippen LogP contribution in [0.3, 0.4) is 0 Å². The Hall–Kier alpha value is -1.71. The highest BCUT2D eigenvalue weighted by Crippen LogP contribution is 2.63. The van der Waals surface area contributed by atoms with Crippen LogP contribution in [0, 0.1) is 22.7 Å². The van der Waals surface area contributed by atoms with E-state index in [0.717, 1.165) is 43.1 Å². The standard InChI is InChI=1S/C26H42N4O4S/c1-4-5-10-28-24-29-22-17(13-21(33)30-11-7-16(8-12-30)23(27)34)25(2)9-6-20(32)26(3,15-31)19(25)14-18(22)35-24/h16-17,19-20,31-32H,4-15H2,1-3H3,(H2,27,34)(H,28,29). The number of nitrogens with zero attached hydrogens (tertiary/aromatic N) is 2. The summed E-state index contributed by atoms with van der Waals surface area (Å²) in [6.07, 6.45) is 5.38. The van der Waals surface area contributed by atoms with Gasteiger partial charge >= 0.3 is 0 Å². The Kier molecular flexibility index (Phi) is 7.79. The third kappa shape index (κ3) is 4.83. The number of nitrogens with one attached hydrogen (secondary N) is 1. The van der Waals surface area contributed by atoms with Gasteiger partial charge in [-0.2, -0.15) is 0 Å². The molecule has 2 aliphatic carbocycles. The minimum absolute atomic E-state index is 0.0542. The number of hydrogen-bond acceptors (Lipinski definition) is 7. The first-order valence-corrected chi connectivity index (χ1v) is 14.0. The van der Waals surface area contributed by atoms with Crippen LogP contribution in [0.25, 0.3) is 0 Å². The normalized spacial score (nSPS) is 33.2. The molecule has 1 saturated carbocycles. The fraction of sp³-hybridized carbons (Fsp3) is 0.808. The highest BCUT2D eigenvalue weighted by molar-refractivity contribution is 7.15. The number of carbonyl (C=O) groups is 2. The molecule has 5 atom stereocenters. The van der Waals surface area contributed by atoms with Crippen molar-refractivity contribution in [2.75, 3.05) is 31.6 Å². The van der Waals surface area contributed by atoms with Crippen molar-refractivity contribution in [1.82, 2.24) is 9.88 Å². The van der Waals surface area contributed by atoms with E-state index in [1.165, 1.54) is 4.88 Å². The Morgan fingerprint density at radius 1 is 1.26 bits per heavy atom. The number of carbonyl (C=O) groups excluding carboxylic acids is 2. The molecule has 196 valence electrons. The van der Waals surface area contributed by atoms with Gasteiger partial charge in [0.25, 0.3) is 0 Å². The first-order chi connectivity index (χ1) is 16.6. The van der Waals surface area contributed by atoms with Gasteiger partial charge in [-0.1, -0.05) is 27.2 Å². The topological polar surface area (TPSA) is 129 Å². The Morgan fingerprint density at radius 2 is 1.97 bits per heavy atom. The van der Waals surface area contributed by atoms with Gasteiger partial charge in [-0.15, -0.1) is 11.3 Å². The number of likely N-dealkylation sites (tertiary alicyclic amines) is 1. The lowest BCUT2D eigenvalue weighted by Gasteiger charge is -2.58. The molecule has 35 heavy (non-hydrogen) atoms. The van der Waals surface area contributed by atoms with Gasteiger partial charge in [-0.05, 0) is 49.9 Å². The van der Waals surface area contributed by atoms with E-state index >= 15 is 0 Å². The molecule has 1 aliphatic heterocycles. The number of aliphatic hydroxyl groups excluding tert-OH is 2. The van der Waals surface area contributed by atoms with Crippen molar-refractivity contribution >= 4 is 28.3 Å². The van der Waals surface area contributed by atoms with E-state index in [9.17, 15) is 19.8 Å². The van der Waals surface area contributed by atoms with Crippen LogP contribution in [-0.2, 0) is 16.0 Å². The molecule has 3 aliphatic rings. The number of unbranched alkanes of at least 4 members (excludes halogenated alkanes) is 1. The highest BCUT2D eigenvalue weighted by Gasteiger charge is 2.59. The van der Waals surface area contributed by atoms with Crippen molar-refractivity contribution < 1.29 is 19.8 Å². The summed E-state index contributed by atoms with van der Waals surface area (Å²) in [7, 11) is 0. The summed E-state index contributed by atoms with van der Waals surface area (Å²) in [4.78, 5) is 33.2. The van der Waals surface area contributed by atoms with Gasteiger partial charge in [0.15, 0.2) is 5.13 Å². The Morgan fingerprint density at radius 3 is 2.60 bits per heavy atom. The van der Waals surface area contributed by atoms with Crippen LogP contribution in [0.2, 0.25) is 0 Å². The largest absolute Gasteiger partial charge is 0.396 e. The number of thiazole rings is 1. The number of anilines is 1. The van der Waals surface area contributed by atoms with Gasteiger partial charge in [0.05, 0.1) is 18.4 Å². The molecule has 5 N–H and O–H groups in total. The number of primary amides is 1. The third-order valence-corrected chi connectivity index (χ3v) is 10.4. The predicted molar refractivity (Wildman–Crippen MR) is 137 cm³/mol. The van der Waals surface area contributed by atoms with Crippen LogP contribution in [0.5, 0.6) is 0 Å². The molecule has 5 unspecified atom stereocenters. The maximum Gasteiger partial charge on any atom is 0.223 e. The van der Waals surface area contributed by atoms with Crippen molar-refractivity contribution in [2.45, 2.75) is 84.2 Å². The molecule has 0 spiro atoms. The highest BCUT2D eigenvalue weighted by atomic mass is 32.1. The maximum atomic E-state index is 13.6.